The molecule has 0 aliphatic rings. The van der Waals surface area contributed by atoms with Crippen molar-refractivity contribution in [3.05, 3.63) is 35.2 Å². The minimum Gasteiger partial charge on any atom is -0.338 e. The molecule has 9 heteroatoms. The largest absolute Gasteiger partial charge is 0.338 e. The molecule has 0 bridgehead atoms. The van der Waals surface area contributed by atoms with Crippen LogP contribution >= 0.6 is 23.4 Å². The summed E-state index contributed by atoms with van der Waals surface area (Å²) in [6, 6.07) is 7.38. The average Bonchev–Trinajstić information content (AvgIpc) is 3.14. The number of nitrogens with zero attached hydrogens (tertiary/aromatic N) is 6. The molecular weight excluding hydrogens is 336 g/mol. The molecule has 2 heterocycles. The number of halogens is 1. The van der Waals surface area contributed by atoms with Crippen LogP contribution < -0.4 is 0 Å². The fourth-order valence-electron chi connectivity index (χ4n) is 1.88. The van der Waals surface area contributed by atoms with Crippen LogP contribution in [-0.2, 0) is 11.3 Å². The summed E-state index contributed by atoms with van der Waals surface area (Å²) in [6.07, 6.45) is 0. The monoisotopic (exact) mass is 350 g/mol. The Bertz CT molecular complexity index is 809. The van der Waals surface area contributed by atoms with Gasteiger partial charge in [-0.1, -0.05) is 40.7 Å². The van der Waals surface area contributed by atoms with Gasteiger partial charge in [-0.25, -0.2) is 4.68 Å². The summed E-state index contributed by atoms with van der Waals surface area (Å²) in [5.41, 5.74) is 0.553. The van der Waals surface area contributed by atoms with Gasteiger partial charge in [-0.05, 0) is 43.3 Å². The van der Waals surface area contributed by atoms with Crippen LogP contribution in [0, 0.1) is 0 Å². The molecule has 3 rings (SSSR count). The predicted molar refractivity (Wildman–Crippen MR) is 87.1 cm³/mol. The minimum absolute atomic E-state index is 0.191. The second-order valence-corrected chi connectivity index (χ2v) is 7.17. The maximum absolute atomic E-state index is 6.14. The Morgan fingerprint density at radius 3 is 2.78 bits per heavy atom. The third kappa shape index (κ3) is 3.53. The number of tetrazole rings is 1. The molecule has 0 unspecified atom stereocenters. The van der Waals surface area contributed by atoms with Gasteiger partial charge in [0.1, 0.15) is 0 Å². The van der Waals surface area contributed by atoms with Crippen molar-refractivity contribution in [1.29, 1.82) is 0 Å². The highest BCUT2D eigenvalue weighted by atomic mass is 35.5. The van der Waals surface area contributed by atoms with Crippen LogP contribution in [0.2, 0.25) is 5.02 Å². The van der Waals surface area contributed by atoms with Gasteiger partial charge in [-0.3, -0.25) is 0 Å². The van der Waals surface area contributed by atoms with Crippen molar-refractivity contribution < 1.29 is 4.52 Å². The van der Waals surface area contributed by atoms with E-state index in [-0.39, 0.29) is 5.54 Å². The number of hydrogen-bond donors (Lipinski definition) is 0. The highest BCUT2D eigenvalue weighted by molar-refractivity contribution is 7.98. The smallest absolute Gasteiger partial charge is 0.237 e. The van der Waals surface area contributed by atoms with Gasteiger partial charge in [0, 0.05) is 5.56 Å². The number of hydrogen-bond acceptors (Lipinski definition) is 7. The fraction of sp³-hybridized carbons (Fsp3) is 0.357. The molecule has 1 aromatic carbocycles. The maximum Gasteiger partial charge on any atom is 0.237 e. The van der Waals surface area contributed by atoms with Gasteiger partial charge in [0.15, 0.2) is 0 Å². The normalized spacial score (nSPS) is 11.8. The Morgan fingerprint density at radius 1 is 1.26 bits per heavy atom. The van der Waals surface area contributed by atoms with E-state index in [9.17, 15) is 0 Å². The zero-order valence-electron chi connectivity index (χ0n) is 12.9. The van der Waals surface area contributed by atoms with Gasteiger partial charge >= 0.3 is 0 Å². The number of benzene rings is 1. The molecule has 2 aromatic heterocycles. The lowest BCUT2D eigenvalue weighted by Gasteiger charge is -2.19. The highest BCUT2D eigenvalue weighted by Gasteiger charge is 2.21. The van der Waals surface area contributed by atoms with Crippen LogP contribution in [0.1, 0.15) is 26.7 Å². The van der Waals surface area contributed by atoms with Gasteiger partial charge in [0.05, 0.1) is 16.3 Å². The minimum atomic E-state index is -0.191. The molecule has 7 nitrogen and oxygen atoms in total. The molecule has 23 heavy (non-hydrogen) atoms. The van der Waals surface area contributed by atoms with Crippen molar-refractivity contribution in [3.8, 4) is 11.4 Å². The van der Waals surface area contributed by atoms with Gasteiger partial charge in [-0.15, -0.1) is 5.10 Å². The van der Waals surface area contributed by atoms with Crippen LogP contribution in [-0.4, -0.2) is 30.3 Å². The summed E-state index contributed by atoms with van der Waals surface area (Å²) in [5.74, 6) is 1.45. The summed E-state index contributed by atoms with van der Waals surface area (Å²) in [6.45, 7) is 6.11. The Hall–Kier alpha value is -1.93. The summed E-state index contributed by atoms with van der Waals surface area (Å²) < 4.78 is 7.05. The molecule has 0 aliphatic carbocycles. The lowest BCUT2D eigenvalue weighted by atomic mass is 10.1. The summed E-state index contributed by atoms with van der Waals surface area (Å²) >= 11 is 7.58. The van der Waals surface area contributed by atoms with E-state index < -0.39 is 0 Å². The first-order valence-electron chi connectivity index (χ1n) is 6.94. The van der Waals surface area contributed by atoms with Crippen LogP contribution in [0.15, 0.2) is 33.9 Å². The quantitative estimate of drug-likeness (QED) is 0.666. The van der Waals surface area contributed by atoms with Gasteiger partial charge in [-0.2, -0.15) is 4.98 Å². The lowest BCUT2D eigenvalue weighted by molar-refractivity contribution is 0.321. The zero-order valence-corrected chi connectivity index (χ0v) is 14.5. The molecule has 3 aromatic rings. The lowest BCUT2D eigenvalue weighted by Crippen LogP contribution is -2.24. The molecule has 0 amide bonds. The molecular formula is C14H15ClN6OS. The maximum atomic E-state index is 6.14. The molecule has 0 saturated heterocycles. The third-order valence-electron chi connectivity index (χ3n) is 2.98. The van der Waals surface area contributed by atoms with Crippen molar-refractivity contribution in [3.63, 3.8) is 0 Å². The van der Waals surface area contributed by atoms with Crippen LogP contribution in [0.3, 0.4) is 0 Å². The first kappa shape index (κ1) is 15.9. The second-order valence-electron chi connectivity index (χ2n) is 5.82. The van der Waals surface area contributed by atoms with E-state index in [0.29, 0.717) is 27.6 Å². The van der Waals surface area contributed by atoms with E-state index in [0.717, 1.165) is 5.56 Å². The molecule has 0 fully saturated rings. The van der Waals surface area contributed by atoms with Crippen LogP contribution in [0.25, 0.3) is 11.4 Å². The first-order valence-corrected chi connectivity index (χ1v) is 8.30. The van der Waals surface area contributed by atoms with Crippen molar-refractivity contribution in [2.24, 2.45) is 0 Å². The molecule has 0 atom stereocenters. The summed E-state index contributed by atoms with van der Waals surface area (Å²) in [7, 11) is 0. The Kier molecular flexibility index (Phi) is 4.36. The van der Waals surface area contributed by atoms with Gasteiger partial charge < -0.3 is 4.52 Å². The van der Waals surface area contributed by atoms with Gasteiger partial charge in [0.25, 0.3) is 0 Å². The number of thioether (sulfide) groups is 1. The molecule has 0 radical (unpaired) electrons. The molecule has 120 valence electrons. The van der Waals surface area contributed by atoms with E-state index in [1.54, 1.807) is 10.7 Å². The highest BCUT2D eigenvalue weighted by Crippen LogP contribution is 2.27. The van der Waals surface area contributed by atoms with Crippen LogP contribution in [0.4, 0.5) is 0 Å². The number of rotatable bonds is 4. The van der Waals surface area contributed by atoms with E-state index in [4.69, 9.17) is 16.1 Å². The Morgan fingerprint density at radius 2 is 2.04 bits per heavy atom. The topological polar surface area (TPSA) is 82.5 Å². The van der Waals surface area contributed by atoms with Crippen molar-refractivity contribution in [2.45, 2.75) is 37.2 Å². The molecule has 0 aliphatic heterocycles. The van der Waals surface area contributed by atoms with E-state index >= 15 is 0 Å². The molecule has 0 saturated carbocycles. The van der Waals surface area contributed by atoms with E-state index in [1.165, 1.54) is 11.8 Å². The van der Waals surface area contributed by atoms with E-state index in [2.05, 4.69) is 25.7 Å². The Labute approximate surface area is 142 Å². The SMILES string of the molecule is CC(C)(C)n1nnnc1SCc1nc(-c2ccccc2Cl)no1. The second kappa shape index (κ2) is 6.29. The predicted octanol–water partition coefficient (Wildman–Crippen LogP) is 3.42. The summed E-state index contributed by atoms with van der Waals surface area (Å²) in [4.78, 5) is 4.37. The number of aromatic nitrogens is 6. The summed E-state index contributed by atoms with van der Waals surface area (Å²) in [5, 5.41) is 17.0. The van der Waals surface area contributed by atoms with Gasteiger partial charge in [0.2, 0.25) is 16.9 Å². The van der Waals surface area contributed by atoms with Crippen molar-refractivity contribution in [1.82, 2.24) is 30.3 Å². The standard InChI is InChI=1S/C14H15ClN6OS/c1-14(2,3)21-13(17-19-20-21)23-8-11-16-12(18-22-11)9-6-4-5-7-10(9)15/h4-7H,8H2,1-3H3. The Balaban J connectivity index is 1.74. The first-order chi connectivity index (χ1) is 10.9. The molecule has 0 N–H and O–H groups in total. The van der Waals surface area contributed by atoms with E-state index in [1.807, 2.05) is 39.0 Å². The van der Waals surface area contributed by atoms with Crippen LogP contribution in [0.5, 0.6) is 0 Å². The van der Waals surface area contributed by atoms with Crippen molar-refractivity contribution in [2.75, 3.05) is 0 Å². The fourth-order valence-corrected chi connectivity index (χ4v) is 3.00. The average molecular weight is 351 g/mol. The van der Waals surface area contributed by atoms with Crippen molar-refractivity contribution >= 4 is 23.4 Å². The molecule has 0 spiro atoms. The zero-order chi connectivity index (χ0) is 16.4. The third-order valence-corrected chi connectivity index (χ3v) is 4.22.